The first-order chi connectivity index (χ1) is 4.06. The Morgan fingerprint density at radius 3 is 2.00 bits per heavy atom. The molecule has 0 saturated carbocycles. The number of allylic oxidation sites excluding steroid dienone is 4. The van der Waals surface area contributed by atoms with Crippen molar-refractivity contribution in [3.05, 3.63) is 24.3 Å². The van der Waals surface area contributed by atoms with Crippen LogP contribution in [0.3, 0.4) is 0 Å². The maximum absolute atomic E-state index is 11.3. The fourth-order valence-corrected chi connectivity index (χ4v) is 0.276. The van der Waals surface area contributed by atoms with Crippen molar-refractivity contribution in [2.24, 2.45) is 0 Å². The molecule has 0 aliphatic heterocycles. The first-order valence-electron chi connectivity index (χ1n) is 2.43. The van der Waals surface area contributed by atoms with E-state index in [-0.39, 0.29) is 6.08 Å². The molecule has 0 aromatic rings. The van der Waals surface area contributed by atoms with Crippen LogP contribution < -0.4 is 0 Å². The molecule has 0 N–H and O–H groups in total. The van der Waals surface area contributed by atoms with Gasteiger partial charge < -0.3 is 0 Å². The molecule has 0 aromatic carbocycles. The van der Waals surface area contributed by atoms with Gasteiger partial charge in [-0.25, -0.2) is 0 Å². The lowest BCUT2D eigenvalue weighted by Gasteiger charge is -1.93. The average Bonchev–Trinajstić information content (AvgIpc) is 1.63. The van der Waals surface area contributed by atoms with Crippen molar-refractivity contribution < 1.29 is 13.2 Å². The number of hydrogen-bond acceptors (Lipinski definition) is 0. The lowest BCUT2D eigenvalue weighted by molar-refractivity contribution is -0.0798. The van der Waals surface area contributed by atoms with Crippen LogP contribution in [0.4, 0.5) is 13.2 Å². The maximum Gasteiger partial charge on any atom is 0.409 e. The molecule has 0 fully saturated rings. The number of rotatable bonds is 1. The van der Waals surface area contributed by atoms with Crippen LogP contribution in [0.25, 0.3) is 0 Å². The highest BCUT2D eigenvalue weighted by Crippen LogP contribution is 2.15. The van der Waals surface area contributed by atoms with Gasteiger partial charge >= 0.3 is 6.18 Å². The zero-order chi connectivity index (χ0) is 7.33. The van der Waals surface area contributed by atoms with E-state index in [0.29, 0.717) is 0 Å². The molecule has 0 bridgehead atoms. The number of hydrogen-bond donors (Lipinski definition) is 0. The summed E-state index contributed by atoms with van der Waals surface area (Å²) in [4.78, 5) is 0. The molecule has 0 aliphatic rings. The van der Waals surface area contributed by atoms with Crippen LogP contribution in [0.15, 0.2) is 24.3 Å². The molecule has 0 saturated heterocycles. The fraction of sp³-hybridized carbons (Fsp3) is 0.333. The molecule has 0 unspecified atom stereocenters. The molecule has 0 rings (SSSR count). The van der Waals surface area contributed by atoms with E-state index < -0.39 is 6.18 Å². The Morgan fingerprint density at radius 1 is 1.11 bits per heavy atom. The van der Waals surface area contributed by atoms with Gasteiger partial charge in [0.15, 0.2) is 0 Å². The summed E-state index contributed by atoms with van der Waals surface area (Å²) in [5.41, 5.74) is 0. The predicted molar refractivity (Wildman–Crippen MR) is 30.0 cm³/mol. The van der Waals surface area contributed by atoms with Crippen molar-refractivity contribution in [2.45, 2.75) is 13.1 Å². The number of halogens is 3. The molecule has 3 heteroatoms. The summed E-state index contributed by atoms with van der Waals surface area (Å²) < 4.78 is 33.8. The van der Waals surface area contributed by atoms with Crippen molar-refractivity contribution in [3.8, 4) is 0 Å². The Labute approximate surface area is 51.7 Å². The van der Waals surface area contributed by atoms with Crippen LogP contribution in [0.5, 0.6) is 0 Å². The Morgan fingerprint density at radius 2 is 1.67 bits per heavy atom. The second-order valence-electron chi connectivity index (χ2n) is 1.43. The molecular formula is C6H7F3. The Kier molecular flexibility index (Phi) is 3.06. The summed E-state index contributed by atoms with van der Waals surface area (Å²) in [7, 11) is 0. The largest absolute Gasteiger partial charge is 0.409 e. The lowest BCUT2D eigenvalue weighted by atomic mass is 10.4. The zero-order valence-corrected chi connectivity index (χ0v) is 4.94. The van der Waals surface area contributed by atoms with E-state index in [9.17, 15) is 13.2 Å². The smallest absolute Gasteiger partial charge is 0.167 e. The molecule has 9 heavy (non-hydrogen) atoms. The van der Waals surface area contributed by atoms with Gasteiger partial charge in [-0.3, -0.25) is 0 Å². The van der Waals surface area contributed by atoms with Crippen molar-refractivity contribution in [1.82, 2.24) is 0 Å². The predicted octanol–water partition coefficient (Wildman–Crippen LogP) is 2.68. The number of alkyl halides is 3. The average molecular weight is 136 g/mol. The summed E-state index contributed by atoms with van der Waals surface area (Å²) in [6.07, 6.45) is -0.178. The molecule has 52 valence electrons. The molecule has 0 aliphatic carbocycles. The first kappa shape index (κ1) is 8.27. The second-order valence-corrected chi connectivity index (χ2v) is 1.43. The van der Waals surface area contributed by atoms with Crippen LogP contribution in [0.2, 0.25) is 0 Å². The highest BCUT2D eigenvalue weighted by Gasteiger charge is 2.20. The summed E-state index contributed by atoms with van der Waals surface area (Å²) in [5.74, 6) is 0. The van der Waals surface area contributed by atoms with Gasteiger partial charge in [0.2, 0.25) is 0 Å². The van der Waals surface area contributed by atoms with Crippen LogP contribution in [0, 0.1) is 0 Å². The van der Waals surface area contributed by atoms with Gasteiger partial charge in [-0.1, -0.05) is 18.2 Å². The highest BCUT2D eigenvalue weighted by molar-refractivity contribution is 5.03. The van der Waals surface area contributed by atoms with E-state index in [0.717, 1.165) is 6.08 Å². The molecular weight excluding hydrogens is 129 g/mol. The topological polar surface area (TPSA) is 0 Å². The first-order valence-corrected chi connectivity index (χ1v) is 2.43. The molecule has 0 aromatic heterocycles. The van der Waals surface area contributed by atoms with Gasteiger partial charge in [-0.15, -0.1) is 0 Å². The van der Waals surface area contributed by atoms with Crippen LogP contribution in [-0.2, 0) is 0 Å². The third-order valence-corrected chi connectivity index (χ3v) is 0.589. The van der Waals surface area contributed by atoms with Gasteiger partial charge in [0.25, 0.3) is 0 Å². The summed E-state index contributed by atoms with van der Waals surface area (Å²) in [6.45, 7) is 1.65. The quantitative estimate of drug-likeness (QED) is 0.486. The van der Waals surface area contributed by atoms with Gasteiger partial charge in [0, 0.05) is 6.08 Å². The van der Waals surface area contributed by atoms with E-state index in [2.05, 4.69) is 0 Å². The fourth-order valence-electron chi connectivity index (χ4n) is 0.276. The second kappa shape index (κ2) is 3.33. The van der Waals surface area contributed by atoms with Crippen LogP contribution in [-0.4, -0.2) is 6.18 Å². The van der Waals surface area contributed by atoms with Gasteiger partial charge in [-0.05, 0) is 6.92 Å². The standard InChI is InChI=1S/C6H7F3/c1-2-3-4-5-6(7,8)9/h2-5H,1H3/b3-2-,5-4+. The van der Waals surface area contributed by atoms with E-state index in [1.165, 1.54) is 12.2 Å². The van der Waals surface area contributed by atoms with Gasteiger partial charge in [0.1, 0.15) is 0 Å². The molecule has 0 nitrogen and oxygen atoms in total. The van der Waals surface area contributed by atoms with Gasteiger partial charge in [0.05, 0.1) is 0 Å². The third kappa shape index (κ3) is 7.27. The lowest BCUT2D eigenvalue weighted by Crippen LogP contribution is -1.99. The van der Waals surface area contributed by atoms with Crippen molar-refractivity contribution in [3.63, 3.8) is 0 Å². The van der Waals surface area contributed by atoms with Crippen LogP contribution >= 0.6 is 0 Å². The molecule has 0 radical (unpaired) electrons. The minimum atomic E-state index is -4.18. The minimum Gasteiger partial charge on any atom is -0.167 e. The molecule has 0 spiro atoms. The third-order valence-electron chi connectivity index (χ3n) is 0.589. The highest BCUT2D eigenvalue weighted by atomic mass is 19.4. The Balaban J connectivity index is 3.71. The van der Waals surface area contributed by atoms with E-state index in [4.69, 9.17) is 0 Å². The summed E-state index contributed by atoms with van der Waals surface area (Å²) in [6, 6.07) is 0. The molecule has 0 atom stereocenters. The van der Waals surface area contributed by atoms with E-state index >= 15 is 0 Å². The monoisotopic (exact) mass is 136 g/mol. The summed E-state index contributed by atoms with van der Waals surface area (Å²) in [5, 5.41) is 0. The molecule has 0 heterocycles. The van der Waals surface area contributed by atoms with E-state index in [1.807, 2.05) is 0 Å². The minimum absolute atomic E-state index is 0.188. The SMILES string of the molecule is C/C=C\C=C\C(F)(F)F. The van der Waals surface area contributed by atoms with Crippen molar-refractivity contribution >= 4 is 0 Å². The van der Waals surface area contributed by atoms with Crippen molar-refractivity contribution in [2.75, 3.05) is 0 Å². The Hall–Kier alpha value is -0.730. The normalized spacial score (nSPS) is 13.8. The van der Waals surface area contributed by atoms with Crippen LogP contribution in [0.1, 0.15) is 6.92 Å². The maximum atomic E-state index is 11.3. The Bertz CT molecular complexity index is 119. The van der Waals surface area contributed by atoms with Crippen molar-refractivity contribution in [1.29, 1.82) is 0 Å². The zero-order valence-electron chi connectivity index (χ0n) is 4.94. The van der Waals surface area contributed by atoms with E-state index in [1.54, 1.807) is 6.92 Å². The molecule has 0 amide bonds. The van der Waals surface area contributed by atoms with Gasteiger partial charge in [-0.2, -0.15) is 13.2 Å². The summed E-state index contributed by atoms with van der Waals surface area (Å²) >= 11 is 0.